The number of fused-ring (bicyclic) bond motifs is 1. The van der Waals surface area contributed by atoms with Gasteiger partial charge in [-0.25, -0.2) is 4.98 Å². The Balaban J connectivity index is 2.83. The monoisotopic (exact) mass is 268 g/mol. The predicted octanol–water partition coefficient (Wildman–Crippen LogP) is 1.76. The molecule has 0 unspecified atom stereocenters. The van der Waals surface area contributed by atoms with Crippen LogP contribution >= 0.6 is 15.9 Å². The number of hydrogen-bond donors (Lipinski definition) is 1. The zero-order chi connectivity index (χ0) is 10.8. The molecule has 6 heteroatoms. The van der Waals surface area contributed by atoms with E-state index >= 15 is 0 Å². The van der Waals surface area contributed by atoms with Gasteiger partial charge >= 0.3 is 0 Å². The van der Waals surface area contributed by atoms with Gasteiger partial charge in [0.05, 0.1) is 23.4 Å². The molecular formula is C9H5BrN2O3. The highest BCUT2D eigenvalue weighted by atomic mass is 79.9. The van der Waals surface area contributed by atoms with Gasteiger partial charge in [-0.05, 0) is 22.0 Å². The first-order valence-corrected chi connectivity index (χ1v) is 4.76. The normalized spacial score (nSPS) is 11.3. The van der Waals surface area contributed by atoms with E-state index < -0.39 is 0 Å². The van der Waals surface area contributed by atoms with Crippen molar-refractivity contribution in [2.45, 2.75) is 0 Å². The van der Waals surface area contributed by atoms with Gasteiger partial charge in [-0.1, -0.05) is 5.16 Å². The lowest BCUT2D eigenvalue weighted by Crippen LogP contribution is -2.08. The molecule has 0 atom stereocenters. The summed E-state index contributed by atoms with van der Waals surface area (Å²) in [7, 11) is 0. The van der Waals surface area contributed by atoms with Crippen LogP contribution in [0.1, 0.15) is 5.56 Å². The van der Waals surface area contributed by atoms with Crippen molar-refractivity contribution in [3.8, 4) is 0 Å². The molecule has 5 nitrogen and oxygen atoms in total. The van der Waals surface area contributed by atoms with Crippen molar-refractivity contribution in [1.29, 1.82) is 0 Å². The van der Waals surface area contributed by atoms with E-state index in [1.807, 2.05) is 0 Å². The van der Waals surface area contributed by atoms with Gasteiger partial charge in [-0.15, -0.1) is 0 Å². The summed E-state index contributed by atoms with van der Waals surface area (Å²) < 4.78 is 5.69. The highest BCUT2D eigenvalue weighted by molar-refractivity contribution is 9.10. The Morgan fingerprint density at radius 3 is 3.13 bits per heavy atom. The van der Waals surface area contributed by atoms with E-state index in [-0.39, 0.29) is 11.0 Å². The Hall–Kier alpha value is -1.69. The Kier molecular flexibility index (Phi) is 2.51. The number of aromatic nitrogens is 1. The van der Waals surface area contributed by atoms with E-state index in [9.17, 15) is 4.79 Å². The summed E-state index contributed by atoms with van der Waals surface area (Å²) >= 11 is 3.16. The van der Waals surface area contributed by atoms with Crippen molar-refractivity contribution >= 4 is 33.1 Å². The minimum absolute atomic E-state index is 0.183. The first-order chi connectivity index (χ1) is 7.22. The number of rotatable bonds is 1. The standard InChI is InChI=1S/C9H5BrN2O3/c10-8-1-6-7(3-11-8)15-4-5(2-12-14)9(6)13/h1-4,14H/b12-2+. The number of nitrogens with zero attached hydrogens (tertiary/aromatic N) is 2. The van der Waals surface area contributed by atoms with Gasteiger partial charge in [0.2, 0.25) is 5.43 Å². The van der Waals surface area contributed by atoms with Crippen molar-refractivity contribution in [2.75, 3.05) is 0 Å². The Bertz CT molecular complexity index is 591. The number of halogens is 1. The van der Waals surface area contributed by atoms with Crippen molar-refractivity contribution in [3.05, 3.63) is 38.9 Å². The summed E-state index contributed by atoms with van der Waals surface area (Å²) in [6, 6.07) is 1.55. The van der Waals surface area contributed by atoms with Crippen LogP contribution < -0.4 is 5.43 Å². The third-order valence-corrected chi connectivity index (χ3v) is 2.28. The maximum atomic E-state index is 11.8. The Morgan fingerprint density at radius 1 is 1.60 bits per heavy atom. The average molecular weight is 269 g/mol. The number of oxime groups is 1. The molecule has 0 saturated carbocycles. The molecule has 0 spiro atoms. The van der Waals surface area contributed by atoms with E-state index in [1.165, 1.54) is 12.5 Å². The lowest BCUT2D eigenvalue weighted by Gasteiger charge is -1.97. The second kappa shape index (κ2) is 3.82. The van der Waals surface area contributed by atoms with Gasteiger partial charge in [0.25, 0.3) is 0 Å². The van der Waals surface area contributed by atoms with Crippen LogP contribution in [-0.2, 0) is 0 Å². The minimum atomic E-state index is -0.267. The first-order valence-electron chi connectivity index (χ1n) is 3.97. The van der Waals surface area contributed by atoms with E-state index in [2.05, 4.69) is 26.1 Å². The van der Waals surface area contributed by atoms with E-state index in [0.717, 1.165) is 6.21 Å². The van der Waals surface area contributed by atoms with E-state index in [1.54, 1.807) is 6.07 Å². The molecule has 0 saturated heterocycles. The largest absolute Gasteiger partial charge is 0.462 e. The molecule has 0 radical (unpaired) electrons. The fourth-order valence-electron chi connectivity index (χ4n) is 1.18. The molecule has 2 rings (SSSR count). The van der Waals surface area contributed by atoms with Gasteiger partial charge < -0.3 is 9.62 Å². The molecular weight excluding hydrogens is 264 g/mol. The average Bonchev–Trinajstić information content (AvgIpc) is 2.23. The van der Waals surface area contributed by atoms with Crippen LogP contribution in [0.2, 0.25) is 0 Å². The second-order valence-corrected chi connectivity index (χ2v) is 3.58. The topological polar surface area (TPSA) is 75.7 Å². The SMILES string of the molecule is O=c1c(/C=N/O)coc2cnc(Br)cc12. The summed E-state index contributed by atoms with van der Waals surface area (Å²) in [6.45, 7) is 0. The van der Waals surface area contributed by atoms with Crippen LogP contribution in [0.4, 0.5) is 0 Å². The molecule has 0 aliphatic heterocycles. The lowest BCUT2D eigenvalue weighted by molar-refractivity contribution is 0.321. The minimum Gasteiger partial charge on any atom is -0.462 e. The molecule has 0 fully saturated rings. The fourth-order valence-corrected chi connectivity index (χ4v) is 1.51. The van der Waals surface area contributed by atoms with Crippen molar-refractivity contribution < 1.29 is 9.62 Å². The van der Waals surface area contributed by atoms with Crippen LogP contribution in [0.25, 0.3) is 11.0 Å². The van der Waals surface area contributed by atoms with Crippen molar-refractivity contribution in [1.82, 2.24) is 4.98 Å². The summed E-state index contributed by atoms with van der Waals surface area (Å²) in [4.78, 5) is 15.7. The third-order valence-electron chi connectivity index (χ3n) is 1.85. The summed E-state index contributed by atoms with van der Waals surface area (Å²) in [5, 5.41) is 11.5. The molecule has 0 bridgehead atoms. The van der Waals surface area contributed by atoms with E-state index in [4.69, 9.17) is 9.62 Å². The molecule has 0 aliphatic carbocycles. The molecule has 2 aromatic rings. The highest BCUT2D eigenvalue weighted by Gasteiger charge is 2.06. The third kappa shape index (κ3) is 1.75. The van der Waals surface area contributed by atoms with Crippen LogP contribution in [0, 0.1) is 0 Å². The fraction of sp³-hybridized carbons (Fsp3) is 0. The predicted molar refractivity (Wildman–Crippen MR) is 57.4 cm³/mol. The van der Waals surface area contributed by atoms with Gasteiger partial charge in [0.15, 0.2) is 5.58 Å². The van der Waals surface area contributed by atoms with Gasteiger partial charge in [0, 0.05) is 0 Å². The van der Waals surface area contributed by atoms with Gasteiger partial charge in [-0.2, -0.15) is 0 Å². The first kappa shape index (κ1) is 9.85. The summed E-state index contributed by atoms with van der Waals surface area (Å²) in [5.74, 6) is 0. The van der Waals surface area contributed by atoms with Crippen LogP contribution in [0.15, 0.2) is 37.5 Å². The van der Waals surface area contributed by atoms with Crippen LogP contribution in [0.3, 0.4) is 0 Å². The maximum Gasteiger partial charge on any atom is 0.201 e. The maximum absolute atomic E-state index is 11.8. The Labute approximate surface area is 92.2 Å². The number of pyridine rings is 1. The molecule has 15 heavy (non-hydrogen) atoms. The van der Waals surface area contributed by atoms with Gasteiger partial charge in [0.1, 0.15) is 10.9 Å². The molecule has 0 aliphatic rings. The molecule has 1 N–H and O–H groups in total. The second-order valence-electron chi connectivity index (χ2n) is 2.77. The number of hydrogen-bond acceptors (Lipinski definition) is 5. The quantitative estimate of drug-likeness (QED) is 0.370. The smallest absolute Gasteiger partial charge is 0.201 e. The molecule has 2 aromatic heterocycles. The Morgan fingerprint density at radius 2 is 2.40 bits per heavy atom. The van der Waals surface area contributed by atoms with Crippen molar-refractivity contribution in [2.24, 2.45) is 5.16 Å². The molecule has 0 aromatic carbocycles. The molecule has 76 valence electrons. The molecule has 2 heterocycles. The zero-order valence-electron chi connectivity index (χ0n) is 7.35. The van der Waals surface area contributed by atoms with E-state index in [0.29, 0.717) is 15.6 Å². The highest BCUT2D eigenvalue weighted by Crippen LogP contribution is 2.14. The van der Waals surface area contributed by atoms with Crippen molar-refractivity contribution in [3.63, 3.8) is 0 Å². The van der Waals surface area contributed by atoms with Gasteiger partial charge in [-0.3, -0.25) is 4.79 Å². The van der Waals surface area contributed by atoms with Crippen LogP contribution in [-0.4, -0.2) is 16.4 Å². The summed E-state index contributed by atoms with van der Waals surface area (Å²) in [6.07, 6.45) is 3.69. The van der Waals surface area contributed by atoms with Crippen LogP contribution in [0.5, 0.6) is 0 Å². The summed E-state index contributed by atoms with van der Waals surface area (Å²) in [5.41, 5.74) is 0.304. The zero-order valence-corrected chi connectivity index (χ0v) is 8.93. The lowest BCUT2D eigenvalue weighted by atomic mass is 10.2. The molecule has 0 amide bonds.